The number of carbonyl (C=O) groups excluding carboxylic acids is 1. The second kappa shape index (κ2) is 6.74. The van der Waals surface area contributed by atoms with Gasteiger partial charge in [-0.25, -0.2) is 0 Å². The second-order valence-electron chi connectivity index (χ2n) is 6.63. The Morgan fingerprint density at radius 2 is 2.00 bits per heavy atom. The van der Waals surface area contributed by atoms with E-state index >= 15 is 0 Å². The number of likely N-dealkylation sites (tertiary alicyclic amines) is 1. The predicted octanol–water partition coefficient (Wildman–Crippen LogP) is 2.66. The van der Waals surface area contributed by atoms with E-state index in [2.05, 4.69) is 31.0 Å². The molecule has 2 fully saturated rings. The van der Waals surface area contributed by atoms with Crippen LogP contribution in [0.3, 0.4) is 0 Å². The maximum atomic E-state index is 12.6. The Hall–Kier alpha value is -0.570. The molecule has 1 saturated heterocycles. The molecule has 0 aromatic rings. The summed E-state index contributed by atoms with van der Waals surface area (Å²) >= 11 is 0. The Bertz CT molecular complexity index is 305. The van der Waals surface area contributed by atoms with E-state index < -0.39 is 0 Å². The lowest BCUT2D eigenvalue weighted by Gasteiger charge is -2.39. The van der Waals surface area contributed by atoms with Crippen molar-refractivity contribution in [1.82, 2.24) is 10.2 Å². The average molecular weight is 266 g/mol. The lowest BCUT2D eigenvalue weighted by molar-refractivity contribution is -0.138. The Balaban J connectivity index is 1.85. The van der Waals surface area contributed by atoms with Crippen LogP contribution in [0.5, 0.6) is 0 Å². The van der Waals surface area contributed by atoms with E-state index in [-0.39, 0.29) is 0 Å². The maximum Gasteiger partial charge on any atom is 0.225 e. The van der Waals surface area contributed by atoms with Crippen molar-refractivity contribution in [2.45, 2.75) is 58.9 Å². The number of nitrogens with zero attached hydrogens (tertiary/aromatic N) is 1. The van der Waals surface area contributed by atoms with Crippen molar-refractivity contribution >= 4 is 5.91 Å². The molecule has 1 saturated carbocycles. The number of carbonyl (C=O) groups is 1. The van der Waals surface area contributed by atoms with E-state index in [0.717, 1.165) is 32.5 Å². The minimum Gasteiger partial charge on any atom is -0.342 e. The van der Waals surface area contributed by atoms with Crippen LogP contribution in [0.2, 0.25) is 0 Å². The lowest BCUT2D eigenvalue weighted by atomic mass is 9.90. The first-order chi connectivity index (χ1) is 9.13. The van der Waals surface area contributed by atoms with Gasteiger partial charge in [0.05, 0.1) is 0 Å². The second-order valence-corrected chi connectivity index (χ2v) is 6.63. The van der Waals surface area contributed by atoms with E-state index in [9.17, 15) is 4.79 Å². The van der Waals surface area contributed by atoms with Gasteiger partial charge in [-0.1, -0.05) is 27.2 Å². The average Bonchev–Trinajstić information content (AvgIpc) is 2.82. The number of hydrogen-bond acceptors (Lipinski definition) is 2. The number of nitrogens with one attached hydrogen (secondary N) is 1. The standard InChI is InChI=1S/C16H30N2O/c1-4-9-17-15-8-10-18(11-13(15)3)16(19)14-7-5-6-12(14)2/h12-15,17H,4-11H2,1-3H3. The quantitative estimate of drug-likeness (QED) is 0.848. The predicted molar refractivity (Wildman–Crippen MR) is 78.9 cm³/mol. The SMILES string of the molecule is CCCNC1CCN(C(=O)C2CCCC2C)CC1C. The Morgan fingerprint density at radius 3 is 2.58 bits per heavy atom. The number of piperidine rings is 1. The zero-order valence-corrected chi connectivity index (χ0v) is 12.8. The van der Waals surface area contributed by atoms with Crippen LogP contribution in [0.15, 0.2) is 0 Å². The van der Waals surface area contributed by atoms with E-state index in [1.807, 2.05) is 0 Å². The molecule has 3 nitrogen and oxygen atoms in total. The fraction of sp³-hybridized carbons (Fsp3) is 0.938. The van der Waals surface area contributed by atoms with Crippen LogP contribution in [0.1, 0.15) is 52.9 Å². The molecule has 0 radical (unpaired) electrons. The molecule has 1 N–H and O–H groups in total. The summed E-state index contributed by atoms with van der Waals surface area (Å²) in [5.41, 5.74) is 0. The first-order valence-electron chi connectivity index (χ1n) is 8.15. The van der Waals surface area contributed by atoms with Gasteiger partial charge in [0.15, 0.2) is 0 Å². The molecule has 19 heavy (non-hydrogen) atoms. The van der Waals surface area contributed by atoms with Gasteiger partial charge in [-0.3, -0.25) is 4.79 Å². The Kier molecular flexibility index (Phi) is 5.26. The lowest BCUT2D eigenvalue weighted by Crippen LogP contribution is -2.51. The van der Waals surface area contributed by atoms with Crippen LogP contribution in [0.4, 0.5) is 0 Å². The summed E-state index contributed by atoms with van der Waals surface area (Å²) in [6.45, 7) is 9.73. The third-order valence-corrected chi connectivity index (χ3v) is 5.05. The summed E-state index contributed by atoms with van der Waals surface area (Å²) in [5.74, 6) is 1.93. The van der Waals surface area contributed by atoms with Crippen LogP contribution < -0.4 is 5.32 Å². The molecule has 0 aromatic carbocycles. The molecule has 0 bridgehead atoms. The minimum absolute atomic E-state index is 0.312. The van der Waals surface area contributed by atoms with Gasteiger partial charge in [0, 0.05) is 25.0 Å². The first kappa shape index (κ1) is 14.8. The summed E-state index contributed by atoms with van der Waals surface area (Å²) in [6.07, 6.45) is 5.89. The van der Waals surface area contributed by atoms with E-state index in [4.69, 9.17) is 0 Å². The van der Waals surface area contributed by atoms with Gasteiger partial charge in [-0.15, -0.1) is 0 Å². The normalized spacial score (nSPS) is 35.6. The maximum absolute atomic E-state index is 12.6. The topological polar surface area (TPSA) is 32.3 Å². The molecule has 2 rings (SSSR count). The van der Waals surface area contributed by atoms with Crippen LogP contribution in [0, 0.1) is 17.8 Å². The monoisotopic (exact) mass is 266 g/mol. The van der Waals surface area contributed by atoms with E-state index in [1.165, 1.54) is 19.3 Å². The molecule has 1 aliphatic carbocycles. The van der Waals surface area contributed by atoms with Gasteiger partial charge < -0.3 is 10.2 Å². The Labute approximate surface area is 118 Å². The molecule has 4 unspecified atom stereocenters. The third-order valence-electron chi connectivity index (χ3n) is 5.05. The summed E-state index contributed by atoms with van der Waals surface area (Å²) in [5, 5.41) is 3.62. The summed E-state index contributed by atoms with van der Waals surface area (Å²) in [4.78, 5) is 14.7. The van der Waals surface area contributed by atoms with Gasteiger partial charge in [0.2, 0.25) is 5.91 Å². The highest BCUT2D eigenvalue weighted by molar-refractivity contribution is 5.79. The molecule has 4 atom stereocenters. The largest absolute Gasteiger partial charge is 0.342 e. The highest BCUT2D eigenvalue weighted by Crippen LogP contribution is 2.33. The molecule has 1 heterocycles. The highest BCUT2D eigenvalue weighted by atomic mass is 16.2. The third kappa shape index (κ3) is 3.50. The molecule has 1 aliphatic heterocycles. The van der Waals surface area contributed by atoms with E-state index in [0.29, 0.717) is 29.7 Å². The molecule has 2 aliphatic rings. The van der Waals surface area contributed by atoms with Crippen LogP contribution in [-0.2, 0) is 4.79 Å². The fourth-order valence-electron chi connectivity index (χ4n) is 3.73. The molecule has 1 amide bonds. The first-order valence-corrected chi connectivity index (χ1v) is 8.15. The smallest absolute Gasteiger partial charge is 0.225 e. The Morgan fingerprint density at radius 1 is 1.21 bits per heavy atom. The number of hydrogen-bond donors (Lipinski definition) is 1. The summed E-state index contributed by atoms with van der Waals surface area (Å²) in [6, 6.07) is 0.602. The molecule has 0 aromatic heterocycles. The van der Waals surface area contributed by atoms with Crippen molar-refractivity contribution in [2.75, 3.05) is 19.6 Å². The van der Waals surface area contributed by atoms with Crippen LogP contribution in [0.25, 0.3) is 0 Å². The van der Waals surface area contributed by atoms with Crippen molar-refractivity contribution in [2.24, 2.45) is 17.8 Å². The van der Waals surface area contributed by atoms with Crippen molar-refractivity contribution in [3.63, 3.8) is 0 Å². The molecule has 3 heteroatoms. The van der Waals surface area contributed by atoms with Crippen molar-refractivity contribution < 1.29 is 4.79 Å². The fourth-order valence-corrected chi connectivity index (χ4v) is 3.73. The zero-order valence-electron chi connectivity index (χ0n) is 12.8. The van der Waals surface area contributed by atoms with Gasteiger partial charge in [0.25, 0.3) is 0 Å². The van der Waals surface area contributed by atoms with Crippen molar-refractivity contribution in [1.29, 1.82) is 0 Å². The molecular weight excluding hydrogens is 236 g/mol. The summed E-state index contributed by atoms with van der Waals surface area (Å²) < 4.78 is 0. The van der Waals surface area contributed by atoms with Gasteiger partial charge in [-0.2, -0.15) is 0 Å². The van der Waals surface area contributed by atoms with E-state index in [1.54, 1.807) is 0 Å². The molecular formula is C16H30N2O. The molecule has 0 spiro atoms. The van der Waals surface area contributed by atoms with Gasteiger partial charge >= 0.3 is 0 Å². The van der Waals surface area contributed by atoms with Crippen molar-refractivity contribution in [3.05, 3.63) is 0 Å². The van der Waals surface area contributed by atoms with Gasteiger partial charge in [0.1, 0.15) is 0 Å². The van der Waals surface area contributed by atoms with Gasteiger partial charge in [-0.05, 0) is 44.1 Å². The summed E-state index contributed by atoms with van der Waals surface area (Å²) in [7, 11) is 0. The minimum atomic E-state index is 0.312. The number of amides is 1. The zero-order chi connectivity index (χ0) is 13.8. The van der Waals surface area contributed by atoms with Crippen molar-refractivity contribution in [3.8, 4) is 0 Å². The highest BCUT2D eigenvalue weighted by Gasteiger charge is 2.35. The molecule has 110 valence electrons. The van der Waals surface area contributed by atoms with Crippen LogP contribution >= 0.6 is 0 Å². The van der Waals surface area contributed by atoms with Crippen LogP contribution in [-0.4, -0.2) is 36.5 Å². The number of rotatable bonds is 4.